The zero-order valence-electron chi connectivity index (χ0n) is 11.7. The normalized spacial score (nSPS) is 13.3. The molecule has 0 heterocycles. The molecule has 1 unspecified atom stereocenters. The maximum absolute atomic E-state index is 12.6. The Morgan fingerprint density at radius 1 is 1.14 bits per heavy atom. The summed E-state index contributed by atoms with van der Waals surface area (Å²) in [4.78, 5) is 0.0453. The van der Waals surface area contributed by atoms with Crippen molar-refractivity contribution in [1.82, 2.24) is 4.31 Å². The Bertz CT molecular complexity index is 746. The molecule has 21 heavy (non-hydrogen) atoms. The first-order valence-corrected chi connectivity index (χ1v) is 8.17. The molecule has 0 aromatic heterocycles. The number of hydrogen-bond acceptors (Lipinski definition) is 3. The molecule has 112 valence electrons. The van der Waals surface area contributed by atoms with Crippen LogP contribution in [-0.2, 0) is 10.0 Å². The number of sulfonamides is 1. The lowest BCUT2D eigenvalue weighted by atomic mass is 10.1. The zero-order chi connectivity index (χ0) is 15.6. The standard InChI is InChI=1S/C15H16ClNO3S/c1-11(14-8-3-4-9-15(14)16)17(2)21(19,20)13-7-5-6-12(18)10-13/h3-11,18H,1-2H3. The first-order valence-electron chi connectivity index (χ1n) is 6.35. The lowest BCUT2D eigenvalue weighted by Gasteiger charge is -2.25. The van der Waals surface area contributed by atoms with E-state index in [9.17, 15) is 13.5 Å². The summed E-state index contributed by atoms with van der Waals surface area (Å²) in [5.74, 6) is -0.0881. The van der Waals surface area contributed by atoms with Gasteiger partial charge in [0.1, 0.15) is 5.75 Å². The van der Waals surface area contributed by atoms with E-state index in [1.807, 2.05) is 6.07 Å². The summed E-state index contributed by atoms with van der Waals surface area (Å²) < 4.78 is 26.4. The first kappa shape index (κ1) is 15.8. The number of halogens is 1. The average molecular weight is 326 g/mol. The number of nitrogens with zero attached hydrogens (tertiary/aromatic N) is 1. The predicted octanol–water partition coefficient (Wildman–Crippen LogP) is 3.43. The average Bonchev–Trinajstić information content (AvgIpc) is 2.46. The van der Waals surface area contributed by atoms with Gasteiger partial charge in [-0.3, -0.25) is 0 Å². The molecule has 1 atom stereocenters. The Morgan fingerprint density at radius 3 is 2.43 bits per heavy atom. The molecule has 0 amide bonds. The molecule has 0 bridgehead atoms. The van der Waals surface area contributed by atoms with Crippen molar-refractivity contribution in [3.8, 4) is 5.75 Å². The van der Waals surface area contributed by atoms with Gasteiger partial charge < -0.3 is 5.11 Å². The van der Waals surface area contributed by atoms with E-state index in [0.29, 0.717) is 5.02 Å². The van der Waals surface area contributed by atoms with Crippen LogP contribution in [0.25, 0.3) is 0 Å². The number of aromatic hydroxyl groups is 1. The Balaban J connectivity index is 2.39. The van der Waals surface area contributed by atoms with Crippen molar-refractivity contribution < 1.29 is 13.5 Å². The van der Waals surface area contributed by atoms with Crippen molar-refractivity contribution in [3.05, 3.63) is 59.1 Å². The third-order valence-electron chi connectivity index (χ3n) is 3.40. The molecule has 4 nitrogen and oxygen atoms in total. The predicted molar refractivity (Wildman–Crippen MR) is 82.9 cm³/mol. The van der Waals surface area contributed by atoms with Crippen LogP contribution in [-0.4, -0.2) is 24.9 Å². The molecule has 0 radical (unpaired) electrons. The fourth-order valence-electron chi connectivity index (χ4n) is 2.03. The van der Waals surface area contributed by atoms with Gasteiger partial charge in [0.05, 0.1) is 4.90 Å². The van der Waals surface area contributed by atoms with Gasteiger partial charge in [0, 0.05) is 18.1 Å². The minimum absolute atomic E-state index is 0.0453. The number of hydrogen-bond donors (Lipinski definition) is 1. The van der Waals surface area contributed by atoms with Gasteiger partial charge in [-0.2, -0.15) is 4.31 Å². The number of benzene rings is 2. The summed E-state index contributed by atoms with van der Waals surface area (Å²) in [7, 11) is -2.22. The van der Waals surface area contributed by atoms with Crippen LogP contribution < -0.4 is 0 Å². The van der Waals surface area contributed by atoms with Crippen molar-refractivity contribution in [2.75, 3.05) is 7.05 Å². The van der Waals surface area contributed by atoms with Crippen LogP contribution >= 0.6 is 11.6 Å². The highest BCUT2D eigenvalue weighted by Gasteiger charge is 2.27. The summed E-state index contributed by atoms with van der Waals surface area (Å²) in [6.45, 7) is 1.77. The van der Waals surface area contributed by atoms with Gasteiger partial charge in [0.15, 0.2) is 0 Å². The third-order valence-corrected chi connectivity index (χ3v) is 5.66. The van der Waals surface area contributed by atoms with E-state index in [1.54, 1.807) is 25.1 Å². The lowest BCUT2D eigenvalue weighted by molar-refractivity contribution is 0.398. The van der Waals surface area contributed by atoms with Crippen LogP contribution in [0.15, 0.2) is 53.4 Å². The van der Waals surface area contributed by atoms with Crippen molar-refractivity contribution in [2.45, 2.75) is 17.9 Å². The summed E-state index contributed by atoms with van der Waals surface area (Å²) in [5.41, 5.74) is 0.727. The van der Waals surface area contributed by atoms with Crippen molar-refractivity contribution in [2.24, 2.45) is 0 Å². The van der Waals surface area contributed by atoms with Gasteiger partial charge in [-0.25, -0.2) is 8.42 Å². The highest BCUT2D eigenvalue weighted by molar-refractivity contribution is 7.89. The van der Waals surface area contributed by atoms with E-state index in [2.05, 4.69) is 0 Å². The molecular formula is C15H16ClNO3S. The van der Waals surface area contributed by atoms with Crippen molar-refractivity contribution >= 4 is 21.6 Å². The molecule has 6 heteroatoms. The molecule has 0 fully saturated rings. The van der Waals surface area contributed by atoms with Crippen LogP contribution in [0.4, 0.5) is 0 Å². The summed E-state index contributed by atoms with van der Waals surface area (Å²) in [6.07, 6.45) is 0. The van der Waals surface area contributed by atoms with E-state index in [1.165, 1.54) is 35.6 Å². The molecule has 2 aromatic carbocycles. The van der Waals surface area contributed by atoms with Crippen molar-refractivity contribution in [3.63, 3.8) is 0 Å². The molecule has 1 N–H and O–H groups in total. The van der Waals surface area contributed by atoms with E-state index in [4.69, 9.17) is 11.6 Å². The van der Waals surface area contributed by atoms with E-state index < -0.39 is 16.1 Å². The molecule has 2 rings (SSSR count). The van der Waals surface area contributed by atoms with E-state index in [-0.39, 0.29) is 10.6 Å². The lowest BCUT2D eigenvalue weighted by Crippen LogP contribution is -2.30. The van der Waals surface area contributed by atoms with Crippen LogP contribution in [0, 0.1) is 0 Å². The Morgan fingerprint density at radius 2 is 1.81 bits per heavy atom. The summed E-state index contributed by atoms with van der Waals surface area (Å²) in [5, 5.41) is 9.97. The largest absolute Gasteiger partial charge is 0.508 e. The monoisotopic (exact) mass is 325 g/mol. The molecule has 0 aliphatic carbocycles. The molecule has 2 aromatic rings. The minimum Gasteiger partial charge on any atom is -0.508 e. The molecule has 0 saturated heterocycles. The third kappa shape index (κ3) is 3.20. The fraction of sp³-hybridized carbons (Fsp3) is 0.200. The molecular weight excluding hydrogens is 310 g/mol. The second kappa shape index (κ2) is 6.05. The van der Waals surface area contributed by atoms with Crippen LogP contribution in [0.1, 0.15) is 18.5 Å². The van der Waals surface area contributed by atoms with Crippen LogP contribution in [0.3, 0.4) is 0 Å². The van der Waals surface area contributed by atoms with Gasteiger partial charge in [0.25, 0.3) is 0 Å². The van der Waals surface area contributed by atoms with Crippen molar-refractivity contribution in [1.29, 1.82) is 0 Å². The molecule has 0 saturated carbocycles. The molecule has 0 aliphatic heterocycles. The highest BCUT2D eigenvalue weighted by Crippen LogP contribution is 2.30. The van der Waals surface area contributed by atoms with E-state index >= 15 is 0 Å². The Labute approximate surface area is 129 Å². The second-order valence-corrected chi connectivity index (χ2v) is 7.12. The minimum atomic E-state index is -3.71. The summed E-state index contributed by atoms with van der Waals surface area (Å²) in [6, 6.07) is 12.3. The van der Waals surface area contributed by atoms with Gasteiger partial charge in [-0.1, -0.05) is 35.9 Å². The first-order chi connectivity index (χ1) is 9.84. The maximum atomic E-state index is 12.6. The Kier molecular flexibility index (Phi) is 4.56. The molecule has 0 spiro atoms. The van der Waals surface area contributed by atoms with Gasteiger partial charge in [-0.15, -0.1) is 0 Å². The smallest absolute Gasteiger partial charge is 0.243 e. The second-order valence-electron chi connectivity index (χ2n) is 4.72. The number of rotatable bonds is 4. The number of phenolic OH excluding ortho intramolecular Hbond substituents is 1. The maximum Gasteiger partial charge on any atom is 0.243 e. The summed E-state index contributed by atoms with van der Waals surface area (Å²) >= 11 is 6.12. The number of phenols is 1. The Hall–Kier alpha value is -1.56. The topological polar surface area (TPSA) is 57.6 Å². The fourth-order valence-corrected chi connectivity index (χ4v) is 3.70. The highest BCUT2D eigenvalue weighted by atomic mass is 35.5. The molecule has 0 aliphatic rings. The zero-order valence-corrected chi connectivity index (χ0v) is 13.3. The van der Waals surface area contributed by atoms with Crippen LogP contribution in [0.5, 0.6) is 5.75 Å². The van der Waals surface area contributed by atoms with Gasteiger partial charge in [0.2, 0.25) is 10.0 Å². The van der Waals surface area contributed by atoms with Crippen LogP contribution in [0.2, 0.25) is 5.02 Å². The van der Waals surface area contributed by atoms with Gasteiger partial charge in [-0.05, 0) is 36.8 Å². The SMILES string of the molecule is CC(c1ccccc1Cl)N(C)S(=O)(=O)c1cccc(O)c1. The van der Waals surface area contributed by atoms with Gasteiger partial charge >= 0.3 is 0 Å². The quantitative estimate of drug-likeness (QED) is 0.937. The van der Waals surface area contributed by atoms with E-state index in [0.717, 1.165) is 5.56 Å².